The zero-order valence-electron chi connectivity index (χ0n) is 11.4. The molecule has 100 valence electrons. The summed E-state index contributed by atoms with van der Waals surface area (Å²) >= 11 is 0. The second-order valence-corrected chi connectivity index (χ2v) is 4.69. The number of hydrogen-bond donors (Lipinski definition) is 1. The van der Waals surface area contributed by atoms with Crippen LogP contribution in [0.4, 0.5) is 0 Å². The largest absolute Gasteiger partial charge is 0.506 e. The molecule has 3 heteroatoms. The highest BCUT2D eigenvalue weighted by atomic mass is 16.5. The Labute approximate surface area is 117 Å². The van der Waals surface area contributed by atoms with Gasteiger partial charge >= 0.3 is 0 Å². The van der Waals surface area contributed by atoms with Crippen LogP contribution in [-0.2, 0) is 0 Å². The van der Waals surface area contributed by atoms with Gasteiger partial charge in [-0.1, -0.05) is 24.3 Å². The molecule has 1 N–H and O–H groups in total. The lowest BCUT2D eigenvalue weighted by molar-refractivity contribution is 0.415. The maximum absolute atomic E-state index is 9.89. The Bertz CT molecular complexity index is 764. The van der Waals surface area contributed by atoms with E-state index < -0.39 is 0 Å². The molecule has 20 heavy (non-hydrogen) atoms. The zero-order valence-corrected chi connectivity index (χ0v) is 11.4. The van der Waals surface area contributed by atoms with Crippen LogP contribution in [0.2, 0.25) is 0 Å². The van der Waals surface area contributed by atoms with E-state index in [0.717, 1.165) is 27.8 Å². The Morgan fingerprint density at radius 3 is 2.50 bits per heavy atom. The van der Waals surface area contributed by atoms with Crippen molar-refractivity contribution in [2.24, 2.45) is 0 Å². The van der Waals surface area contributed by atoms with E-state index in [4.69, 9.17) is 4.74 Å². The molecule has 0 aliphatic heterocycles. The van der Waals surface area contributed by atoms with Crippen LogP contribution < -0.4 is 4.74 Å². The number of ether oxygens (including phenoxy) is 1. The van der Waals surface area contributed by atoms with E-state index in [-0.39, 0.29) is 5.75 Å². The third-order valence-corrected chi connectivity index (χ3v) is 3.42. The van der Waals surface area contributed by atoms with Gasteiger partial charge in [-0.3, -0.25) is 0 Å². The van der Waals surface area contributed by atoms with Gasteiger partial charge < -0.3 is 9.84 Å². The highest BCUT2D eigenvalue weighted by molar-refractivity contribution is 5.95. The maximum atomic E-state index is 9.89. The van der Waals surface area contributed by atoms with Crippen LogP contribution in [0.5, 0.6) is 11.5 Å². The van der Waals surface area contributed by atoms with Crippen molar-refractivity contribution in [1.29, 1.82) is 0 Å². The van der Waals surface area contributed by atoms with E-state index in [1.165, 1.54) is 0 Å². The second kappa shape index (κ2) is 4.85. The minimum absolute atomic E-state index is 0.221. The molecule has 0 saturated heterocycles. The summed E-state index contributed by atoms with van der Waals surface area (Å²) in [6.45, 7) is 1.80. The van der Waals surface area contributed by atoms with Gasteiger partial charge in [-0.15, -0.1) is 0 Å². The first-order chi connectivity index (χ1) is 9.69. The minimum atomic E-state index is 0.221. The van der Waals surface area contributed by atoms with Crippen molar-refractivity contribution in [3.05, 3.63) is 54.2 Å². The van der Waals surface area contributed by atoms with E-state index in [0.29, 0.717) is 5.69 Å². The first kappa shape index (κ1) is 12.5. The fourth-order valence-corrected chi connectivity index (χ4v) is 2.30. The van der Waals surface area contributed by atoms with Crippen LogP contribution in [0.3, 0.4) is 0 Å². The number of aromatic nitrogens is 1. The molecule has 0 atom stereocenters. The lowest BCUT2D eigenvalue weighted by atomic mass is 10.00. The van der Waals surface area contributed by atoms with Crippen LogP contribution in [0.25, 0.3) is 22.0 Å². The monoisotopic (exact) mass is 265 g/mol. The zero-order chi connectivity index (χ0) is 14.1. The molecule has 0 fully saturated rings. The Balaban J connectivity index is 2.22. The summed E-state index contributed by atoms with van der Waals surface area (Å²) in [5.41, 5.74) is 3.65. The number of fused-ring (bicyclic) bond motifs is 1. The van der Waals surface area contributed by atoms with Gasteiger partial charge in [-0.05, 0) is 42.3 Å². The summed E-state index contributed by atoms with van der Waals surface area (Å²) in [6.07, 6.45) is 0. The standard InChI is InChI=1S/C17H15NO2/c1-11-17(19)10-15-14(4-3-5-16(15)18-11)12-6-8-13(20-2)9-7-12/h3-10,19H,1-2H3. The van der Waals surface area contributed by atoms with E-state index >= 15 is 0 Å². The lowest BCUT2D eigenvalue weighted by Gasteiger charge is -2.09. The minimum Gasteiger partial charge on any atom is -0.506 e. The van der Waals surface area contributed by atoms with Crippen molar-refractivity contribution in [2.75, 3.05) is 7.11 Å². The van der Waals surface area contributed by atoms with Crippen molar-refractivity contribution in [3.63, 3.8) is 0 Å². The van der Waals surface area contributed by atoms with Gasteiger partial charge in [0.15, 0.2) is 0 Å². The second-order valence-electron chi connectivity index (χ2n) is 4.69. The number of hydrogen-bond acceptors (Lipinski definition) is 3. The van der Waals surface area contributed by atoms with Crippen molar-refractivity contribution in [3.8, 4) is 22.6 Å². The molecule has 1 heterocycles. The summed E-state index contributed by atoms with van der Waals surface area (Å²) < 4.78 is 5.18. The van der Waals surface area contributed by atoms with Crippen molar-refractivity contribution >= 4 is 10.9 Å². The van der Waals surface area contributed by atoms with E-state index in [2.05, 4.69) is 4.98 Å². The fraction of sp³-hybridized carbons (Fsp3) is 0.118. The normalized spacial score (nSPS) is 10.7. The molecular formula is C17H15NO2. The Hall–Kier alpha value is -2.55. The van der Waals surface area contributed by atoms with Gasteiger partial charge in [-0.2, -0.15) is 0 Å². The van der Waals surface area contributed by atoms with Gasteiger partial charge in [0.2, 0.25) is 0 Å². The molecule has 0 aliphatic rings. The average Bonchev–Trinajstić information content (AvgIpc) is 2.48. The smallest absolute Gasteiger partial charge is 0.137 e. The summed E-state index contributed by atoms with van der Waals surface area (Å²) in [7, 11) is 1.65. The lowest BCUT2D eigenvalue weighted by Crippen LogP contribution is -1.88. The van der Waals surface area contributed by atoms with Gasteiger partial charge in [-0.25, -0.2) is 4.98 Å². The molecule has 3 aromatic rings. The van der Waals surface area contributed by atoms with Crippen molar-refractivity contribution < 1.29 is 9.84 Å². The summed E-state index contributed by atoms with van der Waals surface area (Å²) in [4.78, 5) is 4.42. The predicted molar refractivity (Wildman–Crippen MR) is 80.1 cm³/mol. The molecule has 3 rings (SSSR count). The quantitative estimate of drug-likeness (QED) is 0.763. The first-order valence-corrected chi connectivity index (χ1v) is 6.43. The highest BCUT2D eigenvalue weighted by Gasteiger charge is 2.07. The number of methoxy groups -OCH3 is 1. The van der Waals surface area contributed by atoms with Crippen LogP contribution >= 0.6 is 0 Å². The highest BCUT2D eigenvalue weighted by Crippen LogP contribution is 2.31. The maximum Gasteiger partial charge on any atom is 0.137 e. The van der Waals surface area contributed by atoms with Crippen LogP contribution in [-0.4, -0.2) is 17.2 Å². The van der Waals surface area contributed by atoms with Gasteiger partial charge in [0.1, 0.15) is 11.5 Å². The van der Waals surface area contributed by atoms with E-state index in [9.17, 15) is 5.11 Å². The van der Waals surface area contributed by atoms with Crippen molar-refractivity contribution in [2.45, 2.75) is 6.92 Å². The Kier molecular flexibility index (Phi) is 3.03. The Morgan fingerprint density at radius 1 is 1.05 bits per heavy atom. The molecule has 0 aliphatic carbocycles. The molecule has 0 unspecified atom stereocenters. The number of aryl methyl sites for hydroxylation is 1. The van der Waals surface area contributed by atoms with E-state index in [1.54, 1.807) is 20.1 Å². The first-order valence-electron chi connectivity index (χ1n) is 6.43. The van der Waals surface area contributed by atoms with Gasteiger partial charge in [0.25, 0.3) is 0 Å². The molecular weight excluding hydrogens is 250 g/mol. The van der Waals surface area contributed by atoms with Gasteiger partial charge in [0.05, 0.1) is 18.3 Å². The third-order valence-electron chi connectivity index (χ3n) is 3.42. The SMILES string of the molecule is COc1ccc(-c2cccc3nc(C)c(O)cc23)cc1. The molecule has 0 radical (unpaired) electrons. The fourth-order valence-electron chi connectivity index (χ4n) is 2.30. The topological polar surface area (TPSA) is 42.4 Å². The number of pyridine rings is 1. The summed E-state index contributed by atoms with van der Waals surface area (Å²) in [5.74, 6) is 1.05. The molecule has 0 amide bonds. The molecule has 1 aromatic heterocycles. The van der Waals surface area contributed by atoms with Crippen LogP contribution in [0, 0.1) is 6.92 Å². The summed E-state index contributed by atoms with van der Waals surface area (Å²) in [6, 6.07) is 15.6. The van der Waals surface area contributed by atoms with Crippen LogP contribution in [0.1, 0.15) is 5.69 Å². The number of rotatable bonds is 2. The van der Waals surface area contributed by atoms with Crippen LogP contribution in [0.15, 0.2) is 48.5 Å². The number of nitrogens with zero attached hydrogens (tertiary/aromatic N) is 1. The predicted octanol–water partition coefficient (Wildman–Crippen LogP) is 3.92. The molecule has 3 nitrogen and oxygen atoms in total. The Morgan fingerprint density at radius 2 is 1.80 bits per heavy atom. The molecule has 2 aromatic carbocycles. The van der Waals surface area contributed by atoms with Crippen molar-refractivity contribution in [1.82, 2.24) is 4.98 Å². The van der Waals surface area contributed by atoms with E-state index in [1.807, 2.05) is 42.5 Å². The number of benzene rings is 2. The molecule has 0 bridgehead atoms. The molecule has 0 spiro atoms. The third kappa shape index (κ3) is 2.07. The summed E-state index contributed by atoms with van der Waals surface area (Å²) in [5, 5.41) is 10.8. The van der Waals surface area contributed by atoms with Gasteiger partial charge in [0, 0.05) is 5.39 Å². The average molecular weight is 265 g/mol. The number of aromatic hydroxyl groups is 1. The molecule has 0 saturated carbocycles.